The van der Waals surface area contributed by atoms with Gasteiger partial charge in [-0.2, -0.15) is 11.8 Å². The summed E-state index contributed by atoms with van der Waals surface area (Å²) in [5.74, 6) is 2.30. The third kappa shape index (κ3) is 4.83. The van der Waals surface area contributed by atoms with Gasteiger partial charge in [0.2, 0.25) is 10.0 Å². The summed E-state index contributed by atoms with van der Waals surface area (Å²) in [4.78, 5) is 2.71. The van der Waals surface area contributed by atoms with Crippen LogP contribution in [0.2, 0.25) is 0 Å². The average molecular weight is 363 g/mol. The van der Waals surface area contributed by atoms with E-state index in [0.29, 0.717) is 11.4 Å². The molecule has 0 saturated carbocycles. The molecule has 128 valence electrons. The first-order valence-corrected chi connectivity index (χ1v) is 10.7. The Kier molecular flexibility index (Phi) is 5.94. The molecule has 0 amide bonds. The summed E-state index contributed by atoms with van der Waals surface area (Å²) in [5, 5.41) is 0. The van der Waals surface area contributed by atoms with Crippen molar-refractivity contribution in [3.05, 3.63) is 65.7 Å². The van der Waals surface area contributed by atoms with Crippen LogP contribution in [0.15, 0.2) is 59.5 Å². The van der Waals surface area contributed by atoms with Crippen LogP contribution in [0, 0.1) is 0 Å². The number of nitrogens with zero attached hydrogens (tertiary/aromatic N) is 1. The molecule has 1 fully saturated rings. The van der Waals surface area contributed by atoms with Crippen LogP contribution in [-0.4, -0.2) is 37.9 Å². The maximum absolute atomic E-state index is 12.5. The molecule has 1 aliphatic heterocycles. The predicted octanol–water partition coefficient (Wildman–Crippen LogP) is 2.71. The second-order valence-electron chi connectivity index (χ2n) is 5.85. The minimum absolute atomic E-state index is 0.302. The Bertz CT molecular complexity index is 758. The Morgan fingerprint density at radius 3 is 2.42 bits per heavy atom. The molecular weight excluding hydrogens is 340 g/mol. The minimum atomic E-state index is -3.49. The fraction of sp³-hybridized carbons (Fsp3) is 0.333. The minimum Gasteiger partial charge on any atom is -0.297 e. The zero-order valence-corrected chi connectivity index (χ0v) is 15.2. The van der Waals surface area contributed by atoms with E-state index in [1.165, 1.54) is 0 Å². The normalized spacial score (nSPS) is 16.2. The van der Waals surface area contributed by atoms with Gasteiger partial charge in [-0.1, -0.05) is 42.5 Å². The van der Waals surface area contributed by atoms with E-state index in [-0.39, 0.29) is 0 Å². The second kappa shape index (κ2) is 8.16. The highest BCUT2D eigenvalue weighted by Crippen LogP contribution is 2.16. The van der Waals surface area contributed by atoms with Gasteiger partial charge in [0.05, 0.1) is 4.90 Å². The van der Waals surface area contributed by atoms with Crippen molar-refractivity contribution >= 4 is 21.8 Å². The Hall–Kier alpha value is -1.34. The molecule has 0 atom stereocenters. The summed E-state index contributed by atoms with van der Waals surface area (Å²) in [7, 11) is -3.49. The standard InChI is InChI=1S/C18H22N2O2S2/c21-24(22,19-14-16-5-2-1-3-6-16)18-8-4-7-17(13-18)15-20-9-11-23-12-10-20/h1-8,13,19H,9-12,14-15H2. The highest BCUT2D eigenvalue weighted by molar-refractivity contribution is 7.99. The van der Waals surface area contributed by atoms with Crippen molar-refractivity contribution in [3.63, 3.8) is 0 Å². The second-order valence-corrected chi connectivity index (χ2v) is 8.84. The number of thioether (sulfide) groups is 1. The molecule has 0 spiro atoms. The number of hydrogen-bond acceptors (Lipinski definition) is 4. The average Bonchev–Trinajstić information content (AvgIpc) is 2.62. The summed E-state index contributed by atoms with van der Waals surface area (Å²) in [6.45, 7) is 3.24. The lowest BCUT2D eigenvalue weighted by molar-refractivity contribution is 0.294. The molecule has 1 heterocycles. The Morgan fingerprint density at radius 2 is 1.67 bits per heavy atom. The van der Waals surface area contributed by atoms with Gasteiger partial charge in [0.1, 0.15) is 0 Å². The van der Waals surface area contributed by atoms with Gasteiger partial charge in [-0.25, -0.2) is 13.1 Å². The van der Waals surface area contributed by atoms with Crippen LogP contribution >= 0.6 is 11.8 Å². The monoisotopic (exact) mass is 362 g/mol. The van der Waals surface area contributed by atoms with Crippen LogP contribution in [0.25, 0.3) is 0 Å². The zero-order chi connectivity index (χ0) is 16.8. The molecule has 2 aromatic rings. The molecular formula is C18H22N2O2S2. The molecule has 1 N–H and O–H groups in total. The third-order valence-corrected chi connectivity index (χ3v) is 6.37. The van der Waals surface area contributed by atoms with Gasteiger partial charge in [0.15, 0.2) is 0 Å². The summed E-state index contributed by atoms with van der Waals surface area (Å²) in [5.41, 5.74) is 1.99. The molecule has 0 radical (unpaired) electrons. The van der Waals surface area contributed by atoms with E-state index < -0.39 is 10.0 Å². The number of benzene rings is 2. The lowest BCUT2D eigenvalue weighted by Gasteiger charge is -2.26. The molecule has 0 aromatic heterocycles. The molecule has 0 aliphatic carbocycles. The molecule has 0 unspecified atom stereocenters. The molecule has 1 aliphatic rings. The summed E-state index contributed by atoms with van der Waals surface area (Å²) >= 11 is 1.97. The maximum Gasteiger partial charge on any atom is 0.240 e. The first-order chi connectivity index (χ1) is 11.6. The third-order valence-electron chi connectivity index (χ3n) is 4.03. The lowest BCUT2D eigenvalue weighted by atomic mass is 10.2. The van der Waals surface area contributed by atoms with Crippen molar-refractivity contribution in [3.8, 4) is 0 Å². The van der Waals surface area contributed by atoms with Crippen molar-refractivity contribution in [2.45, 2.75) is 18.0 Å². The fourth-order valence-electron chi connectivity index (χ4n) is 2.69. The van der Waals surface area contributed by atoms with Crippen LogP contribution in [0.4, 0.5) is 0 Å². The van der Waals surface area contributed by atoms with E-state index >= 15 is 0 Å². The van der Waals surface area contributed by atoms with Gasteiger partial charge >= 0.3 is 0 Å². The number of rotatable bonds is 6. The van der Waals surface area contributed by atoms with E-state index in [0.717, 1.165) is 42.3 Å². The van der Waals surface area contributed by atoms with Gasteiger partial charge in [-0.3, -0.25) is 4.90 Å². The van der Waals surface area contributed by atoms with Crippen molar-refractivity contribution in [1.29, 1.82) is 0 Å². The van der Waals surface area contributed by atoms with Crippen molar-refractivity contribution < 1.29 is 8.42 Å². The van der Waals surface area contributed by atoms with Gasteiger partial charge in [0.25, 0.3) is 0 Å². The number of sulfonamides is 1. The summed E-state index contributed by atoms with van der Waals surface area (Å²) in [6.07, 6.45) is 0. The smallest absolute Gasteiger partial charge is 0.240 e. The largest absolute Gasteiger partial charge is 0.297 e. The molecule has 3 rings (SSSR count). The van der Waals surface area contributed by atoms with Crippen LogP contribution < -0.4 is 4.72 Å². The van der Waals surface area contributed by atoms with Gasteiger partial charge in [-0.15, -0.1) is 0 Å². The number of hydrogen-bond donors (Lipinski definition) is 1. The first kappa shape index (κ1) is 17.5. The van der Waals surface area contributed by atoms with E-state index in [9.17, 15) is 8.42 Å². The highest BCUT2D eigenvalue weighted by atomic mass is 32.2. The van der Waals surface area contributed by atoms with E-state index in [1.807, 2.05) is 54.2 Å². The molecule has 1 saturated heterocycles. The summed E-state index contributed by atoms with van der Waals surface area (Å²) < 4.78 is 27.7. The molecule has 0 bridgehead atoms. The quantitative estimate of drug-likeness (QED) is 0.858. The van der Waals surface area contributed by atoms with Gasteiger partial charge < -0.3 is 0 Å². The Labute approximate surface area is 148 Å². The highest BCUT2D eigenvalue weighted by Gasteiger charge is 2.16. The van der Waals surface area contributed by atoms with Crippen LogP contribution in [0.5, 0.6) is 0 Å². The van der Waals surface area contributed by atoms with Gasteiger partial charge in [-0.05, 0) is 23.3 Å². The Morgan fingerprint density at radius 1 is 0.958 bits per heavy atom. The predicted molar refractivity (Wildman–Crippen MR) is 99.5 cm³/mol. The Balaban J connectivity index is 1.67. The summed E-state index contributed by atoms with van der Waals surface area (Å²) in [6, 6.07) is 16.8. The topological polar surface area (TPSA) is 49.4 Å². The zero-order valence-electron chi connectivity index (χ0n) is 13.5. The van der Waals surface area contributed by atoms with Crippen LogP contribution in [-0.2, 0) is 23.1 Å². The van der Waals surface area contributed by atoms with Crippen LogP contribution in [0.3, 0.4) is 0 Å². The van der Waals surface area contributed by atoms with Crippen molar-refractivity contribution in [2.24, 2.45) is 0 Å². The van der Waals surface area contributed by atoms with Gasteiger partial charge in [0, 0.05) is 37.7 Å². The molecule has 4 nitrogen and oxygen atoms in total. The first-order valence-electron chi connectivity index (χ1n) is 8.06. The van der Waals surface area contributed by atoms with E-state index in [2.05, 4.69) is 9.62 Å². The maximum atomic E-state index is 12.5. The van der Waals surface area contributed by atoms with E-state index in [1.54, 1.807) is 12.1 Å². The van der Waals surface area contributed by atoms with Crippen molar-refractivity contribution in [1.82, 2.24) is 9.62 Å². The molecule has 6 heteroatoms. The van der Waals surface area contributed by atoms with Crippen LogP contribution in [0.1, 0.15) is 11.1 Å². The SMILES string of the molecule is O=S(=O)(NCc1ccccc1)c1cccc(CN2CCSCC2)c1. The van der Waals surface area contributed by atoms with Crippen molar-refractivity contribution in [2.75, 3.05) is 24.6 Å². The molecule has 2 aromatic carbocycles. The van der Waals surface area contributed by atoms with E-state index in [4.69, 9.17) is 0 Å². The lowest BCUT2D eigenvalue weighted by Crippen LogP contribution is -2.32. The number of nitrogens with one attached hydrogen (secondary N) is 1. The molecule has 24 heavy (non-hydrogen) atoms. The fourth-order valence-corrected chi connectivity index (χ4v) is 4.75.